The number of pyridine rings is 1. The summed E-state index contributed by atoms with van der Waals surface area (Å²) < 4.78 is 49.7. The van der Waals surface area contributed by atoms with Gasteiger partial charge < -0.3 is 42.5 Å². The average molecular weight is 533 g/mol. The van der Waals surface area contributed by atoms with Crippen LogP contribution >= 0.6 is 15.6 Å². The van der Waals surface area contributed by atoms with E-state index >= 15 is 0 Å². The van der Waals surface area contributed by atoms with Gasteiger partial charge in [0.25, 0.3) is 0 Å². The molecule has 0 N–H and O–H groups in total. The summed E-state index contributed by atoms with van der Waals surface area (Å²) in [6.07, 6.45) is 0. The number of benzene rings is 2. The second-order valence-electron chi connectivity index (χ2n) is 5.58. The Hall–Kier alpha value is 1.48. The van der Waals surface area contributed by atoms with Gasteiger partial charge in [-0.25, -0.2) is 9.37 Å². The predicted molar refractivity (Wildman–Crippen MR) is 90.2 cm³/mol. The van der Waals surface area contributed by atoms with E-state index in [9.17, 15) is 33.1 Å². The normalized spacial score (nSPS) is 10.6. The van der Waals surface area contributed by atoms with E-state index in [0.717, 1.165) is 19.2 Å². The minimum Gasteiger partial charge on any atom is -0.780 e. The van der Waals surface area contributed by atoms with Crippen LogP contribution in [0.3, 0.4) is 0 Å². The Kier molecular flexibility index (Phi) is 16.7. The van der Waals surface area contributed by atoms with Crippen molar-refractivity contribution >= 4 is 26.5 Å². The van der Waals surface area contributed by atoms with Crippen molar-refractivity contribution in [2.24, 2.45) is 0 Å². The predicted octanol–water partition coefficient (Wildman–Crippen LogP) is -11.5. The first-order chi connectivity index (χ1) is 13.5. The first-order valence-corrected chi connectivity index (χ1v) is 10.6. The van der Waals surface area contributed by atoms with E-state index in [0.29, 0.717) is 0 Å². The Morgan fingerprint density at radius 3 is 1.97 bits per heavy atom. The Morgan fingerprint density at radius 1 is 0.848 bits per heavy atom. The Morgan fingerprint density at radius 2 is 1.45 bits per heavy atom. The Bertz CT molecular complexity index is 1190. The van der Waals surface area contributed by atoms with E-state index in [-0.39, 0.29) is 141 Å². The number of fused-ring (bicyclic) bond motifs is 1. The van der Waals surface area contributed by atoms with Crippen molar-refractivity contribution < 1.29 is 165 Å². The number of ether oxygens (including phenoxy) is 1. The number of rotatable bonds is 6. The minimum absolute atomic E-state index is 0. The van der Waals surface area contributed by atoms with Crippen molar-refractivity contribution in [3.05, 3.63) is 48.3 Å². The Balaban J connectivity index is 0. The van der Waals surface area contributed by atoms with Crippen molar-refractivity contribution in [1.82, 2.24) is 4.98 Å². The zero-order chi connectivity index (χ0) is 21.4. The number of methoxy groups -OCH3 is 1. The standard InChI is InChI=1S/C16H14FNO9P2.4Na/c1-25-13-6-5-11-15(16(13)27-29(22,23)24)14(26-28(19,20)21)8-12(18-11)9-3-2-4-10(17)7-9;;;;/h2-8H,1H3,(H2,19,20,21)(H2,22,23,24);;;;/q;4*+1/p-4. The summed E-state index contributed by atoms with van der Waals surface area (Å²) in [5.74, 6) is -2.26. The van der Waals surface area contributed by atoms with Gasteiger partial charge in [0, 0.05) is 11.6 Å². The van der Waals surface area contributed by atoms with Crippen LogP contribution in [-0.4, -0.2) is 12.1 Å². The largest absolute Gasteiger partial charge is 1.00 e. The molecule has 0 saturated carbocycles. The number of nitrogens with zero attached hydrogens (tertiary/aromatic N) is 1. The van der Waals surface area contributed by atoms with Gasteiger partial charge in [-0.1, -0.05) is 12.1 Å². The summed E-state index contributed by atoms with van der Waals surface area (Å²) in [5, 5.41) is -0.414. The molecule has 2 aromatic carbocycles. The number of hydrogen-bond acceptors (Lipinski definition) is 10. The fourth-order valence-corrected chi connectivity index (χ4v) is 3.38. The maximum atomic E-state index is 13.5. The monoisotopic (exact) mass is 533 g/mol. The van der Waals surface area contributed by atoms with Crippen LogP contribution in [0.25, 0.3) is 22.2 Å². The van der Waals surface area contributed by atoms with Gasteiger partial charge in [-0.05, 0) is 24.3 Å². The summed E-state index contributed by atoms with van der Waals surface area (Å²) in [5.41, 5.74) is 0.100. The van der Waals surface area contributed by atoms with E-state index in [1.54, 1.807) is 0 Å². The van der Waals surface area contributed by atoms with Crippen molar-refractivity contribution in [2.45, 2.75) is 0 Å². The molecule has 154 valence electrons. The summed E-state index contributed by atoms with van der Waals surface area (Å²) in [6, 6.07) is 8.53. The van der Waals surface area contributed by atoms with Crippen LogP contribution in [0.1, 0.15) is 0 Å². The molecule has 0 unspecified atom stereocenters. The summed E-state index contributed by atoms with van der Waals surface area (Å²) in [6.45, 7) is 0. The second-order valence-corrected chi connectivity index (χ2v) is 7.74. The zero-order valence-electron chi connectivity index (χ0n) is 18.4. The summed E-state index contributed by atoms with van der Waals surface area (Å²) >= 11 is 0. The molecule has 10 nitrogen and oxygen atoms in total. The van der Waals surface area contributed by atoms with Crippen molar-refractivity contribution in [3.63, 3.8) is 0 Å². The molecule has 0 spiro atoms. The van der Waals surface area contributed by atoms with Crippen LogP contribution < -0.4 is 152 Å². The number of phosphoric acid groups is 2. The molecule has 3 rings (SSSR count). The molecule has 0 amide bonds. The van der Waals surface area contributed by atoms with Crippen LogP contribution in [0, 0.1) is 5.82 Å². The molecule has 1 heterocycles. The van der Waals surface area contributed by atoms with E-state index in [2.05, 4.69) is 14.0 Å². The molecule has 0 fully saturated rings. The molecule has 0 aliphatic rings. The van der Waals surface area contributed by atoms with Crippen LogP contribution in [0.2, 0.25) is 0 Å². The van der Waals surface area contributed by atoms with Gasteiger partial charge in [-0.2, -0.15) is 0 Å². The molecule has 0 aliphatic heterocycles. The zero-order valence-corrected chi connectivity index (χ0v) is 28.2. The molecule has 0 aliphatic carbocycles. The fourth-order valence-electron chi connectivity index (χ4n) is 2.59. The van der Waals surface area contributed by atoms with Crippen molar-refractivity contribution in [3.8, 4) is 28.5 Å². The van der Waals surface area contributed by atoms with Crippen LogP contribution in [0.5, 0.6) is 17.2 Å². The molecular formula is C16H10FNNa4O9P2. The van der Waals surface area contributed by atoms with Gasteiger partial charge in [0.1, 0.15) is 27.2 Å². The van der Waals surface area contributed by atoms with Gasteiger partial charge in [0.15, 0.2) is 11.5 Å². The summed E-state index contributed by atoms with van der Waals surface area (Å²) in [4.78, 5) is 48.9. The third-order valence-corrected chi connectivity index (χ3v) is 4.43. The molecule has 0 radical (unpaired) electrons. The maximum Gasteiger partial charge on any atom is 1.00 e. The minimum atomic E-state index is -5.63. The van der Waals surface area contributed by atoms with Gasteiger partial charge in [0.05, 0.1) is 23.7 Å². The number of phosphoric ester groups is 2. The van der Waals surface area contributed by atoms with E-state index in [4.69, 9.17) is 4.74 Å². The van der Waals surface area contributed by atoms with Gasteiger partial charge in [0.2, 0.25) is 0 Å². The van der Waals surface area contributed by atoms with E-state index in [1.807, 2.05) is 0 Å². The first-order valence-electron chi connectivity index (χ1n) is 7.68. The molecule has 0 atom stereocenters. The quantitative estimate of drug-likeness (QED) is 0.219. The van der Waals surface area contributed by atoms with Crippen LogP contribution in [-0.2, 0) is 9.13 Å². The molecule has 1 aromatic heterocycles. The smallest absolute Gasteiger partial charge is 0.780 e. The second kappa shape index (κ2) is 15.0. The molecular weight excluding hydrogens is 523 g/mol. The Labute approximate surface area is 276 Å². The topological polar surface area (TPSA) is 167 Å². The molecule has 0 bridgehead atoms. The molecule has 17 heteroatoms. The van der Waals surface area contributed by atoms with E-state index in [1.165, 1.54) is 30.3 Å². The number of aromatic nitrogens is 1. The SMILES string of the molecule is COc1ccc2nc(-c3cccc(F)c3)cc(OP(=O)([O-])[O-])c2c1OP(=O)([O-])[O-].[Na+].[Na+].[Na+].[Na+]. The van der Waals surface area contributed by atoms with Crippen LogP contribution in [0.4, 0.5) is 4.39 Å². The van der Waals surface area contributed by atoms with Crippen molar-refractivity contribution in [1.29, 1.82) is 0 Å². The van der Waals surface area contributed by atoms with Crippen LogP contribution in [0.15, 0.2) is 42.5 Å². The average Bonchev–Trinajstić information content (AvgIpc) is 2.59. The first kappa shape index (κ1) is 36.6. The van der Waals surface area contributed by atoms with Gasteiger partial charge >= 0.3 is 118 Å². The third-order valence-electron chi connectivity index (χ3n) is 3.61. The number of halogens is 1. The van der Waals surface area contributed by atoms with E-state index < -0.39 is 38.3 Å². The maximum absolute atomic E-state index is 13.5. The number of hydrogen-bond donors (Lipinski definition) is 0. The van der Waals surface area contributed by atoms with Crippen molar-refractivity contribution in [2.75, 3.05) is 7.11 Å². The fraction of sp³-hybridized carbons (Fsp3) is 0.0625. The summed E-state index contributed by atoms with van der Waals surface area (Å²) in [7, 11) is -10.1. The molecule has 3 aromatic rings. The molecule has 0 saturated heterocycles. The van der Waals surface area contributed by atoms with Gasteiger partial charge in [-0.3, -0.25) is 0 Å². The molecule has 33 heavy (non-hydrogen) atoms. The third kappa shape index (κ3) is 10.4. The van der Waals surface area contributed by atoms with Gasteiger partial charge in [-0.15, -0.1) is 0 Å².